The molecule has 2 nitrogen and oxygen atoms in total. The smallest absolute Gasteiger partial charge is 0.115 e. The molecule has 0 aliphatic heterocycles. The van der Waals surface area contributed by atoms with E-state index in [4.69, 9.17) is 0 Å². The van der Waals surface area contributed by atoms with Crippen molar-refractivity contribution in [3.63, 3.8) is 0 Å². The molecule has 0 aliphatic rings. The summed E-state index contributed by atoms with van der Waals surface area (Å²) in [5.74, 6) is 0.211. The molecule has 0 bridgehead atoms. The number of aliphatic hydroxyl groups is 1. The lowest BCUT2D eigenvalue weighted by atomic mass is 9.90. The molecule has 1 aromatic carbocycles. The molecular formula is C13H20O2. The van der Waals surface area contributed by atoms with Crippen molar-refractivity contribution < 1.29 is 10.2 Å². The van der Waals surface area contributed by atoms with Crippen molar-refractivity contribution in [1.82, 2.24) is 0 Å². The maximum Gasteiger partial charge on any atom is 0.115 e. The highest BCUT2D eigenvalue weighted by atomic mass is 16.3. The monoisotopic (exact) mass is 208 g/mol. The van der Waals surface area contributed by atoms with Crippen LogP contribution in [-0.2, 0) is 5.60 Å². The Morgan fingerprint density at radius 3 is 2.60 bits per heavy atom. The molecule has 2 heteroatoms. The van der Waals surface area contributed by atoms with Gasteiger partial charge in [0.1, 0.15) is 5.75 Å². The zero-order valence-electron chi connectivity index (χ0n) is 9.53. The van der Waals surface area contributed by atoms with Crippen LogP contribution in [0.4, 0.5) is 0 Å². The normalized spacial score (nSPS) is 14.9. The Morgan fingerprint density at radius 1 is 1.27 bits per heavy atom. The number of rotatable bonds is 5. The van der Waals surface area contributed by atoms with Crippen LogP contribution in [0.1, 0.15) is 45.1 Å². The van der Waals surface area contributed by atoms with E-state index in [1.54, 1.807) is 25.1 Å². The molecule has 0 saturated carbocycles. The average molecular weight is 208 g/mol. The third kappa shape index (κ3) is 3.56. The summed E-state index contributed by atoms with van der Waals surface area (Å²) < 4.78 is 0. The van der Waals surface area contributed by atoms with Crippen LogP contribution in [0.15, 0.2) is 24.3 Å². The zero-order chi connectivity index (χ0) is 11.3. The zero-order valence-corrected chi connectivity index (χ0v) is 9.53. The van der Waals surface area contributed by atoms with Crippen LogP contribution in [-0.4, -0.2) is 10.2 Å². The first-order valence-corrected chi connectivity index (χ1v) is 5.58. The SMILES string of the molecule is CCCCC[C@@](C)(O)c1cccc(O)c1. The molecule has 15 heavy (non-hydrogen) atoms. The molecule has 84 valence electrons. The van der Waals surface area contributed by atoms with Gasteiger partial charge in [-0.15, -0.1) is 0 Å². The van der Waals surface area contributed by atoms with E-state index in [1.807, 2.05) is 6.07 Å². The Balaban J connectivity index is 2.67. The van der Waals surface area contributed by atoms with Crippen LogP contribution in [0, 0.1) is 0 Å². The number of hydrogen-bond donors (Lipinski definition) is 2. The van der Waals surface area contributed by atoms with Gasteiger partial charge in [0.05, 0.1) is 5.60 Å². The van der Waals surface area contributed by atoms with Crippen LogP contribution in [0.3, 0.4) is 0 Å². The summed E-state index contributed by atoms with van der Waals surface area (Å²) in [5, 5.41) is 19.6. The molecule has 0 spiro atoms. The summed E-state index contributed by atoms with van der Waals surface area (Å²) >= 11 is 0. The lowest BCUT2D eigenvalue weighted by Gasteiger charge is -2.23. The van der Waals surface area contributed by atoms with E-state index in [2.05, 4.69) is 6.92 Å². The minimum Gasteiger partial charge on any atom is -0.508 e. The van der Waals surface area contributed by atoms with E-state index >= 15 is 0 Å². The van der Waals surface area contributed by atoms with Gasteiger partial charge < -0.3 is 10.2 Å². The van der Waals surface area contributed by atoms with E-state index in [-0.39, 0.29) is 5.75 Å². The van der Waals surface area contributed by atoms with Gasteiger partial charge in [0.15, 0.2) is 0 Å². The predicted molar refractivity (Wildman–Crippen MR) is 61.8 cm³/mol. The number of unbranched alkanes of at least 4 members (excludes halogenated alkanes) is 2. The molecule has 0 aromatic heterocycles. The standard InChI is InChI=1S/C13H20O2/c1-3-4-5-9-13(2,15)11-7-6-8-12(14)10-11/h6-8,10,14-15H,3-5,9H2,1-2H3/t13-/m1/s1. The second-order valence-corrected chi connectivity index (χ2v) is 4.28. The highest BCUT2D eigenvalue weighted by Crippen LogP contribution is 2.28. The van der Waals surface area contributed by atoms with Crippen molar-refractivity contribution >= 4 is 0 Å². The van der Waals surface area contributed by atoms with Gasteiger partial charge in [0.25, 0.3) is 0 Å². The summed E-state index contributed by atoms with van der Waals surface area (Å²) in [7, 11) is 0. The molecule has 0 amide bonds. The first-order valence-electron chi connectivity index (χ1n) is 5.58. The van der Waals surface area contributed by atoms with E-state index < -0.39 is 5.60 Å². The van der Waals surface area contributed by atoms with E-state index in [0.29, 0.717) is 0 Å². The topological polar surface area (TPSA) is 40.5 Å². The largest absolute Gasteiger partial charge is 0.508 e. The van der Waals surface area contributed by atoms with Gasteiger partial charge in [-0.25, -0.2) is 0 Å². The minimum atomic E-state index is -0.825. The molecule has 0 saturated heterocycles. The van der Waals surface area contributed by atoms with Gasteiger partial charge in [-0.2, -0.15) is 0 Å². The van der Waals surface area contributed by atoms with Crippen molar-refractivity contribution in [2.45, 2.75) is 45.1 Å². The predicted octanol–water partition coefficient (Wildman–Crippen LogP) is 3.18. The molecule has 1 atom stereocenters. The van der Waals surface area contributed by atoms with Gasteiger partial charge >= 0.3 is 0 Å². The third-order valence-electron chi connectivity index (χ3n) is 2.74. The Kier molecular flexibility index (Phi) is 4.15. The number of benzene rings is 1. The van der Waals surface area contributed by atoms with E-state index in [0.717, 1.165) is 31.2 Å². The fourth-order valence-electron chi connectivity index (χ4n) is 1.70. The Bertz CT molecular complexity index is 305. The molecule has 0 aliphatic carbocycles. The molecule has 1 aromatic rings. The average Bonchev–Trinajstić information content (AvgIpc) is 2.18. The second kappa shape index (κ2) is 5.17. The highest BCUT2D eigenvalue weighted by Gasteiger charge is 2.22. The van der Waals surface area contributed by atoms with E-state index in [9.17, 15) is 10.2 Å². The van der Waals surface area contributed by atoms with Crippen molar-refractivity contribution in [3.8, 4) is 5.75 Å². The molecular weight excluding hydrogens is 188 g/mol. The first kappa shape index (κ1) is 12.1. The molecule has 2 N–H and O–H groups in total. The van der Waals surface area contributed by atoms with Gasteiger partial charge in [0, 0.05) is 0 Å². The summed E-state index contributed by atoms with van der Waals surface area (Å²) in [6.07, 6.45) is 4.04. The summed E-state index contributed by atoms with van der Waals surface area (Å²) in [5.41, 5.74) is -0.0351. The summed E-state index contributed by atoms with van der Waals surface area (Å²) in [6, 6.07) is 6.86. The van der Waals surface area contributed by atoms with Crippen molar-refractivity contribution in [1.29, 1.82) is 0 Å². The maximum absolute atomic E-state index is 10.2. The second-order valence-electron chi connectivity index (χ2n) is 4.28. The highest BCUT2D eigenvalue weighted by molar-refractivity contribution is 5.30. The van der Waals surface area contributed by atoms with Crippen LogP contribution >= 0.6 is 0 Å². The van der Waals surface area contributed by atoms with Crippen molar-refractivity contribution in [2.24, 2.45) is 0 Å². The minimum absolute atomic E-state index is 0.211. The van der Waals surface area contributed by atoms with Crippen molar-refractivity contribution in [2.75, 3.05) is 0 Å². The number of aromatic hydroxyl groups is 1. The van der Waals surface area contributed by atoms with Crippen LogP contribution in [0.5, 0.6) is 5.75 Å². The molecule has 1 rings (SSSR count). The van der Waals surface area contributed by atoms with Crippen LogP contribution in [0.2, 0.25) is 0 Å². The van der Waals surface area contributed by atoms with Gasteiger partial charge in [0.2, 0.25) is 0 Å². The lowest BCUT2D eigenvalue weighted by Crippen LogP contribution is -2.20. The van der Waals surface area contributed by atoms with Crippen molar-refractivity contribution in [3.05, 3.63) is 29.8 Å². The van der Waals surface area contributed by atoms with Crippen LogP contribution < -0.4 is 0 Å². The molecule has 0 heterocycles. The Labute approximate surface area is 91.6 Å². The third-order valence-corrected chi connectivity index (χ3v) is 2.74. The Morgan fingerprint density at radius 2 is 2.00 bits per heavy atom. The van der Waals surface area contributed by atoms with Gasteiger partial charge in [-0.05, 0) is 31.0 Å². The molecule has 0 unspecified atom stereocenters. The fourth-order valence-corrected chi connectivity index (χ4v) is 1.70. The van der Waals surface area contributed by atoms with Gasteiger partial charge in [-0.1, -0.05) is 38.3 Å². The Hall–Kier alpha value is -1.02. The van der Waals surface area contributed by atoms with Crippen LogP contribution in [0.25, 0.3) is 0 Å². The number of phenols is 1. The number of hydrogen-bond acceptors (Lipinski definition) is 2. The maximum atomic E-state index is 10.2. The molecule has 0 fully saturated rings. The quantitative estimate of drug-likeness (QED) is 0.730. The number of phenolic OH excluding ortho intramolecular Hbond substituents is 1. The van der Waals surface area contributed by atoms with E-state index in [1.165, 1.54) is 0 Å². The lowest BCUT2D eigenvalue weighted by molar-refractivity contribution is 0.0447. The summed E-state index contributed by atoms with van der Waals surface area (Å²) in [4.78, 5) is 0. The van der Waals surface area contributed by atoms with Gasteiger partial charge in [-0.3, -0.25) is 0 Å². The summed E-state index contributed by atoms with van der Waals surface area (Å²) in [6.45, 7) is 3.94. The molecule has 0 radical (unpaired) electrons. The first-order chi connectivity index (χ1) is 7.06. The fraction of sp³-hybridized carbons (Fsp3) is 0.538.